The Morgan fingerprint density at radius 1 is 1.41 bits per heavy atom. The van der Waals surface area contributed by atoms with Gasteiger partial charge < -0.3 is 15.8 Å². The predicted octanol–water partition coefficient (Wildman–Crippen LogP) is 3.49. The van der Waals surface area contributed by atoms with Crippen molar-refractivity contribution in [3.8, 4) is 0 Å². The first-order chi connectivity index (χ1) is 13.0. The number of nitrogens with zero attached hydrogens (tertiary/aromatic N) is 2. The molecule has 2 aliphatic rings. The summed E-state index contributed by atoms with van der Waals surface area (Å²) in [7, 11) is 0. The summed E-state index contributed by atoms with van der Waals surface area (Å²) in [4.78, 5) is 20.9. The van der Waals surface area contributed by atoms with Gasteiger partial charge in [-0.3, -0.25) is 4.79 Å². The molecule has 0 spiro atoms. The van der Waals surface area contributed by atoms with Crippen molar-refractivity contribution >= 4 is 44.5 Å². The summed E-state index contributed by atoms with van der Waals surface area (Å²) in [6.45, 7) is 0.487. The number of hydrogen-bond acceptors (Lipinski definition) is 6. The first-order valence-corrected chi connectivity index (χ1v) is 10.1. The first kappa shape index (κ1) is 18.4. The fraction of sp³-hybridized carbons (Fsp3) is 0.278. The number of thioether (sulfide) groups is 1. The average molecular weight is 451 g/mol. The number of hydrogen-bond donors (Lipinski definition) is 2. The lowest BCUT2D eigenvalue weighted by Crippen LogP contribution is -2.38. The Bertz CT molecular complexity index is 924. The highest BCUT2D eigenvalue weighted by atomic mass is 79.9. The number of benzene rings is 1. The Kier molecular flexibility index (Phi) is 4.92. The van der Waals surface area contributed by atoms with Crippen molar-refractivity contribution < 1.29 is 13.9 Å². The van der Waals surface area contributed by atoms with Crippen molar-refractivity contribution in [3.05, 3.63) is 58.1 Å². The van der Waals surface area contributed by atoms with E-state index in [4.69, 9.17) is 10.5 Å². The summed E-state index contributed by atoms with van der Waals surface area (Å²) in [5.74, 6) is -0.0778. The molecule has 2 aliphatic heterocycles. The minimum Gasteiger partial charge on any atom is -0.378 e. The number of carbonyl (C=O) groups excluding carboxylic acids is 1. The lowest BCUT2D eigenvalue weighted by molar-refractivity contribution is -0.0170. The smallest absolute Gasteiger partial charge is 0.274 e. The summed E-state index contributed by atoms with van der Waals surface area (Å²) in [5.41, 5.74) is 5.76. The van der Waals surface area contributed by atoms with E-state index in [9.17, 15) is 9.18 Å². The van der Waals surface area contributed by atoms with Crippen LogP contribution in [0.3, 0.4) is 0 Å². The van der Waals surface area contributed by atoms with Gasteiger partial charge in [0.25, 0.3) is 5.91 Å². The second-order valence-corrected chi connectivity index (χ2v) is 8.26. The largest absolute Gasteiger partial charge is 0.378 e. The number of rotatable bonds is 3. The summed E-state index contributed by atoms with van der Waals surface area (Å²) in [5, 5.41) is 3.12. The minimum absolute atomic E-state index is 0.0309. The van der Waals surface area contributed by atoms with Crippen LogP contribution < -0.4 is 11.1 Å². The lowest BCUT2D eigenvalue weighted by Gasteiger charge is -2.34. The molecule has 3 heterocycles. The van der Waals surface area contributed by atoms with E-state index < -0.39 is 11.5 Å². The van der Waals surface area contributed by atoms with Gasteiger partial charge in [-0.05, 0) is 52.7 Å². The number of aromatic nitrogens is 1. The highest BCUT2D eigenvalue weighted by Crippen LogP contribution is 2.48. The van der Waals surface area contributed by atoms with Gasteiger partial charge in [0, 0.05) is 33.6 Å². The number of nitrogens with two attached hydrogens (primary N) is 1. The number of aliphatic imine (C=N–C) groups is 1. The van der Waals surface area contributed by atoms with Crippen LogP contribution in [0.25, 0.3) is 0 Å². The molecule has 9 heteroatoms. The third-order valence-electron chi connectivity index (χ3n) is 4.62. The third-order valence-corrected chi connectivity index (χ3v) is 6.05. The van der Waals surface area contributed by atoms with Gasteiger partial charge >= 0.3 is 0 Å². The van der Waals surface area contributed by atoms with E-state index >= 15 is 0 Å². The third kappa shape index (κ3) is 3.46. The molecule has 0 saturated carbocycles. The van der Waals surface area contributed by atoms with E-state index in [1.807, 2.05) is 0 Å². The highest BCUT2D eigenvalue weighted by molar-refractivity contribution is 9.10. The first-order valence-electron chi connectivity index (χ1n) is 8.33. The summed E-state index contributed by atoms with van der Waals surface area (Å²) in [6.07, 6.45) is 2.32. The number of halogens is 2. The Labute approximate surface area is 167 Å². The molecule has 6 nitrogen and oxygen atoms in total. The van der Waals surface area contributed by atoms with Crippen LogP contribution in [0.5, 0.6) is 0 Å². The van der Waals surface area contributed by atoms with Crippen molar-refractivity contribution in [1.29, 1.82) is 0 Å². The monoisotopic (exact) mass is 450 g/mol. The van der Waals surface area contributed by atoms with Gasteiger partial charge in [0.2, 0.25) is 0 Å². The number of carbonyl (C=O) groups is 1. The SMILES string of the molecule is NC1=N[C@@]2(c3cc(NC(=O)c4ccc(Br)cn4)ccc3F)OCC[C@H]2CS1. The van der Waals surface area contributed by atoms with Crippen molar-refractivity contribution in [1.82, 2.24) is 4.98 Å². The van der Waals surface area contributed by atoms with Crippen LogP contribution in [0.15, 0.2) is 46.0 Å². The van der Waals surface area contributed by atoms with E-state index in [2.05, 4.69) is 31.2 Å². The molecule has 1 saturated heterocycles. The molecule has 1 amide bonds. The number of fused-ring (bicyclic) bond motifs is 1. The van der Waals surface area contributed by atoms with Crippen molar-refractivity contribution in [3.63, 3.8) is 0 Å². The maximum Gasteiger partial charge on any atom is 0.274 e. The summed E-state index contributed by atoms with van der Waals surface area (Å²) < 4.78 is 21.4. The summed E-state index contributed by atoms with van der Waals surface area (Å²) in [6, 6.07) is 7.70. The van der Waals surface area contributed by atoms with E-state index in [1.54, 1.807) is 18.2 Å². The van der Waals surface area contributed by atoms with Gasteiger partial charge in [0.15, 0.2) is 10.9 Å². The van der Waals surface area contributed by atoms with E-state index in [-0.39, 0.29) is 23.1 Å². The fourth-order valence-electron chi connectivity index (χ4n) is 3.31. The molecule has 27 heavy (non-hydrogen) atoms. The van der Waals surface area contributed by atoms with Crippen molar-refractivity contribution in [2.45, 2.75) is 12.1 Å². The average Bonchev–Trinajstić information content (AvgIpc) is 3.07. The molecule has 0 radical (unpaired) electrons. The van der Waals surface area contributed by atoms with Crippen LogP contribution in [0.4, 0.5) is 10.1 Å². The number of pyridine rings is 1. The Balaban J connectivity index is 1.67. The zero-order chi connectivity index (χ0) is 19.0. The predicted molar refractivity (Wildman–Crippen MR) is 106 cm³/mol. The number of amides is 1. The van der Waals surface area contributed by atoms with Crippen LogP contribution in [-0.4, -0.2) is 28.4 Å². The van der Waals surface area contributed by atoms with Gasteiger partial charge in [-0.25, -0.2) is 14.4 Å². The maximum absolute atomic E-state index is 14.7. The van der Waals surface area contributed by atoms with E-state index in [0.29, 0.717) is 23.2 Å². The molecule has 3 N–H and O–H groups in total. The molecule has 2 aromatic rings. The van der Waals surface area contributed by atoms with Crippen molar-refractivity contribution in [2.24, 2.45) is 16.6 Å². The number of ether oxygens (including phenoxy) is 1. The van der Waals surface area contributed by atoms with Crippen LogP contribution in [-0.2, 0) is 10.5 Å². The molecule has 1 fully saturated rings. The number of amidine groups is 1. The molecule has 2 atom stereocenters. The number of nitrogens with one attached hydrogen (secondary N) is 1. The Hall–Kier alpha value is -1.97. The van der Waals surface area contributed by atoms with Crippen LogP contribution >= 0.6 is 27.7 Å². The van der Waals surface area contributed by atoms with Gasteiger partial charge in [0.05, 0.1) is 6.61 Å². The number of anilines is 1. The van der Waals surface area contributed by atoms with Gasteiger partial charge in [-0.1, -0.05) is 11.8 Å². The van der Waals surface area contributed by atoms with E-state index in [1.165, 1.54) is 30.1 Å². The topological polar surface area (TPSA) is 89.6 Å². The standard InChI is InChI=1S/C18H16BrFN4O2S/c19-11-1-4-15(22-8-11)16(25)23-12-2-3-14(20)13(7-12)18-10(5-6-26-18)9-27-17(21)24-18/h1-4,7-8,10H,5-6,9H2,(H2,21,24)(H,23,25)/t10-,18+/m0/s1. The molecule has 4 rings (SSSR count). The molecule has 140 valence electrons. The molecular formula is C18H16BrFN4O2S. The zero-order valence-corrected chi connectivity index (χ0v) is 16.5. The Morgan fingerprint density at radius 2 is 2.26 bits per heavy atom. The zero-order valence-electron chi connectivity index (χ0n) is 14.1. The quantitative estimate of drug-likeness (QED) is 0.746. The molecule has 0 unspecified atom stereocenters. The Morgan fingerprint density at radius 3 is 3.04 bits per heavy atom. The van der Waals surface area contributed by atoms with E-state index in [0.717, 1.165) is 10.9 Å². The molecule has 1 aromatic carbocycles. The normalized spacial score (nSPS) is 24.2. The van der Waals surface area contributed by atoms with Crippen LogP contribution in [0.1, 0.15) is 22.5 Å². The maximum atomic E-state index is 14.7. The molecule has 1 aromatic heterocycles. The second kappa shape index (κ2) is 7.21. The molecule has 0 aliphatic carbocycles. The van der Waals surface area contributed by atoms with Gasteiger partial charge in [0.1, 0.15) is 11.5 Å². The molecule has 0 bridgehead atoms. The summed E-state index contributed by atoms with van der Waals surface area (Å²) >= 11 is 4.73. The van der Waals surface area contributed by atoms with Crippen LogP contribution in [0.2, 0.25) is 0 Å². The molecular weight excluding hydrogens is 435 g/mol. The minimum atomic E-state index is -1.13. The van der Waals surface area contributed by atoms with Crippen molar-refractivity contribution in [2.75, 3.05) is 17.7 Å². The highest BCUT2D eigenvalue weighted by Gasteiger charge is 2.49. The van der Waals surface area contributed by atoms with Gasteiger partial charge in [-0.15, -0.1) is 0 Å². The lowest BCUT2D eigenvalue weighted by atomic mass is 9.89. The fourth-order valence-corrected chi connectivity index (χ4v) is 4.51. The van der Waals surface area contributed by atoms with Gasteiger partial charge in [-0.2, -0.15) is 0 Å². The van der Waals surface area contributed by atoms with Crippen LogP contribution in [0, 0.1) is 11.7 Å². The second-order valence-electron chi connectivity index (χ2n) is 6.30.